The molecule has 106 valence electrons. The Kier molecular flexibility index (Phi) is 6.29. The largest absolute Gasteiger partial charge is 0.494 e. The summed E-state index contributed by atoms with van der Waals surface area (Å²) in [5, 5.41) is 4.64. The first-order chi connectivity index (χ1) is 9.25. The van der Waals surface area contributed by atoms with E-state index in [4.69, 9.17) is 27.9 Å². The zero-order chi connectivity index (χ0) is 13.5. The van der Waals surface area contributed by atoms with Crippen molar-refractivity contribution in [3.63, 3.8) is 0 Å². The minimum absolute atomic E-state index is 0.547. The third kappa shape index (κ3) is 6.03. The van der Waals surface area contributed by atoms with Gasteiger partial charge in [-0.25, -0.2) is 0 Å². The van der Waals surface area contributed by atoms with Gasteiger partial charge in [-0.2, -0.15) is 0 Å². The molecule has 0 heterocycles. The quantitative estimate of drug-likeness (QED) is 0.668. The Bertz CT molecular complexity index is 394. The Morgan fingerprint density at radius 1 is 1.05 bits per heavy atom. The van der Waals surface area contributed by atoms with E-state index in [1.807, 2.05) is 6.07 Å². The Morgan fingerprint density at radius 3 is 2.58 bits per heavy atom. The minimum Gasteiger partial charge on any atom is -0.494 e. The number of hydrogen-bond donors (Lipinski definition) is 1. The van der Waals surface area contributed by atoms with Crippen LogP contribution >= 0.6 is 23.2 Å². The Morgan fingerprint density at radius 2 is 1.84 bits per heavy atom. The lowest BCUT2D eigenvalue weighted by atomic mass is 10.2. The summed E-state index contributed by atoms with van der Waals surface area (Å²) in [6, 6.07) is 6.22. The van der Waals surface area contributed by atoms with Crippen LogP contribution in [0, 0.1) is 0 Å². The number of halogens is 2. The molecule has 0 unspecified atom stereocenters. The predicted molar refractivity (Wildman–Crippen MR) is 81.4 cm³/mol. The van der Waals surface area contributed by atoms with Crippen LogP contribution in [0.25, 0.3) is 0 Å². The number of rotatable bonds is 9. The van der Waals surface area contributed by atoms with E-state index in [2.05, 4.69) is 5.32 Å². The maximum absolute atomic E-state index is 5.92. The molecular formula is C15H21Cl2NO. The Labute approximate surface area is 125 Å². The van der Waals surface area contributed by atoms with Crippen molar-refractivity contribution in [2.75, 3.05) is 13.2 Å². The highest BCUT2D eigenvalue weighted by molar-refractivity contribution is 6.42. The van der Waals surface area contributed by atoms with Gasteiger partial charge < -0.3 is 10.1 Å². The lowest BCUT2D eigenvalue weighted by Crippen LogP contribution is -2.17. The van der Waals surface area contributed by atoms with E-state index < -0.39 is 0 Å². The monoisotopic (exact) mass is 301 g/mol. The summed E-state index contributed by atoms with van der Waals surface area (Å²) >= 11 is 11.8. The van der Waals surface area contributed by atoms with E-state index in [1.165, 1.54) is 32.1 Å². The summed E-state index contributed by atoms with van der Waals surface area (Å²) < 4.78 is 5.64. The second kappa shape index (κ2) is 7.98. The zero-order valence-electron chi connectivity index (χ0n) is 11.1. The molecule has 1 fully saturated rings. The summed E-state index contributed by atoms with van der Waals surface area (Å²) in [7, 11) is 0. The standard InChI is InChI=1S/C15H21Cl2NO/c16-14-8-7-13(11-15(14)17)19-10-4-2-1-3-9-18-12-5-6-12/h7-8,11-12,18H,1-6,9-10H2. The smallest absolute Gasteiger partial charge is 0.120 e. The highest BCUT2D eigenvalue weighted by atomic mass is 35.5. The van der Waals surface area contributed by atoms with Crippen LogP contribution in [0.5, 0.6) is 5.75 Å². The molecule has 1 aromatic carbocycles. The molecule has 0 radical (unpaired) electrons. The maximum Gasteiger partial charge on any atom is 0.120 e. The molecular weight excluding hydrogens is 281 g/mol. The molecule has 1 aliphatic rings. The van der Waals surface area contributed by atoms with Gasteiger partial charge in [0.2, 0.25) is 0 Å². The van der Waals surface area contributed by atoms with Crippen LogP contribution in [0.2, 0.25) is 10.0 Å². The molecule has 1 N–H and O–H groups in total. The first kappa shape index (κ1) is 15.0. The van der Waals surface area contributed by atoms with Crippen molar-refractivity contribution in [1.29, 1.82) is 0 Å². The third-order valence-corrected chi connectivity index (χ3v) is 3.98. The summed E-state index contributed by atoms with van der Waals surface area (Å²) in [5.41, 5.74) is 0. The van der Waals surface area contributed by atoms with Crippen LogP contribution in [-0.2, 0) is 0 Å². The highest BCUT2D eigenvalue weighted by Crippen LogP contribution is 2.26. The van der Waals surface area contributed by atoms with E-state index in [9.17, 15) is 0 Å². The van der Waals surface area contributed by atoms with Crippen LogP contribution in [0.1, 0.15) is 38.5 Å². The van der Waals surface area contributed by atoms with Crippen molar-refractivity contribution in [3.8, 4) is 5.75 Å². The molecule has 2 rings (SSSR count). The molecule has 1 aliphatic carbocycles. The van der Waals surface area contributed by atoms with Crippen molar-refractivity contribution in [3.05, 3.63) is 28.2 Å². The molecule has 0 amide bonds. The van der Waals surface area contributed by atoms with Gasteiger partial charge in [-0.05, 0) is 44.4 Å². The van der Waals surface area contributed by atoms with Crippen molar-refractivity contribution < 1.29 is 4.74 Å². The van der Waals surface area contributed by atoms with Crippen molar-refractivity contribution in [2.45, 2.75) is 44.6 Å². The van der Waals surface area contributed by atoms with Gasteiger partial charge in [0.05, 0.1) is 16.7 Å². The average Bonchev–Trinajstić information content (AvgIpc) is 3.21. The molecule has 0 saturated heterocycles. The van der Waals surface area contributed by atoms with Gasteiger partial charge in [0.1, 0.15) is 5.75 Å². The number of ether oxygens (including phenoxy) is 1. The van der Waals surface area contributed by atoms with E-state index in [1.54, 1.807) is 12.1 Å². The average molecular weight is 302 g/mol. The zero-order valence-corrected chi connectivity index (χ0v) is 12.6. The van der Waals surface area contributed by atoms with Gasteiger partial charge in [-0.1, -0.05) is 36.0 Å². The number of nitrogens with one attached hydrogen (secondary N) is 1. The van der Waals surface area contributed by atoms with E-state index in [0.29, 0.717) is 10.0 Å². The number of benzene rings is 1. The van der Waals surface area contributed by atoms with Crippen LogP contribution in [0.3, 0.4) is 0 Å². The molecule has 4 heteroatoms. The fourth-order valence-corrected chi connectivity index (χ4v) is 2.22. The normalized spacial score (nSPS) is 14.6. The molecule has 2 nitrogen and oxygen atoms in total. The van der Waals surface area contributed by atoms with Gasteiger partial charge in [-0.15, -0.1) is 0 Å². The van der Waals surface area contributed by atoms with Gasteiger partial charge >= 0.3 is 0 Å². The van der Waals surface area contributed by atoms with Crippen LogP contribution < -0.4 is 10.1 Å². The lowest BCUT2D eigenvalue weighted by Gasteiger charge is -2.07. The van der Waals surface area contributed by atoms with Gasteiger partial charge in [-0.3, -0.25) is 0 Å². The van der Waals surface area contributed by atoms with Gasteiger partial charge in [0.25, 0.3) is 0 Å². The molecule has 1 aromatic rings. The second-order valence-corrected chi connectivity index (χ2v) is 5.88. The van der Waals surface area contributed by atoms with Crippen molar-refractivity contribution in [1.82, 2.24) is 5.32 Å². The van der Waals surface area contributed by atoms with Crippen LogP contribution in [0.4, 0.5) is 0 Å². The first-order valence-corrected chi connectivity index (χ1v) is 7.82. The molecule has 1 saturated carbocycles. The molecule has 0 aliphatic heterocycles. The molecule has 0 atom stereocenters. The van der Waals surface area contributed by atoms with E-state index >= 15 is 0 Å². The fourth-order valence-electron chi connectivity index (χ4n) is 1.93. The van der Waals surface area contributed by atoms with Gasteiger partial charge in [0, 0.05) is 12.1 Å². The predicted octanol–water partition coefficient (Wildman–Crippen LogP) is 4.68. The summed E-state index contributed by atoms with van der Waals surface area (Å²) in [4.78, 5) is 0. The van der Waals surface area contributed by atoms with Gasteiger partial charge in [0.15, 0.2) is 0 Å². The third-order valence-electron chi connectivity index (χ3n) is 3.24. The summed E-state index contributed by atoms with van der Waals surface area (Å²) in [6.07, 6.45) is 7.58. The topological polar surface area (TPSA) is 21.3 Å². The molecule has 19 heavy (non-hydrogen) atoms. The first-order valence-electron chi connectivity index (χ1n) is 7.07. The second-order valence-electron chi connectivity index (χ2n) is 5.07. The number of hydrogen-bond acceptors (Lipinski definition) is 2. The Balaban J connectivity index is 1.47. The lowest BCUT2D eigenvalue weighted by molar-refractivity contribution is 0.304. The summed E-state index contributed by atoms with van der Waals surface area (Å²) in [5.74, 6) is 0.796. The van der Waals surface area contributed by atoms with E-state index in [-0.39, 0.29) is 0 Å². The Hall–Kier alpha value is -0.440. The minimum atomic E-state index is 0.547. The SMILES string of the molecule is Clc1ccc(OCCCCCCNC2CC2)cc1Cl. The molecule has 0 aromatic heterocycles. The van der Waals surface area contributed by atoms with Crippen LogP contribution in [-0.4, -0.2) is 19.2 Å². The maximum atomic E-state index is 5.92. The summed E-state index contributed by atoms with van der Waals surface area (Å²) in [6.45, 7) is 1.91. The number of unbranched alkanes of at least 4 members (excludes halogenated alkanes) is 3. The molecule has 0 spiro atoms. The van der Waals surface area contributed by atoms with Crippen molar-refractivity contribution in [2.24, 2.45) is 0 Å². The van der Waals surface area contributed by atoms with Crippen molar-refractivity contribution >= 4 is 23.2 Å². The molecule has 0 bridgehead atoms. The van der Waals surface area contributed by atoms with Crippen LogP contribution in [0.15, 0.2) is 18.2 Å². The van der Waals surface area contributed by atoms with E-state index in [0.717, 1.165) is 31.4 Å². The highest BCUT2D eigenvalue weighted by Gasteiger charge is 2.19. The fraction of sp³-hybridized carbons (Fsp3) is 0.600.